The van der Waals surface area contributed by atoms with Crippen LogP contribution in [-0.2, 0) is 9.53 Å². The Labute approximate surface area is 144 Å². The second-order valence-electron chi connectivity index (χ2n) is 5.81. The lowest BCUT2D eigenvalue weighted by Crippen LogP contribution is -2.41. The maximum atomic E-state index is 11.8. The summed E-state index contributed by atoms with van der Waals surface area (Å²) in [5.74, 6) is 1.55. The number of piperidine rings is 1. The van der Waals surface area contributed by atoms with Crippen LogP contribution in [0.5, 0.6) is 11.5 Å². The molecule has 0 bridgehead atoms. The van der Waals surface area contributed by atoms with Gasteiger partial charge >= 0.3 is 5.97 Å². The number of likely N-dealkylation sites (tertiary alicyclic amines) is 1. The van der Waals surface area contributed by atoms with Crippen LogP contribution in [0, 0.1) is 5.92 Å². The second kappa shape index (κ2) is 9.98. The predicted octanol–water partition coefficient (Wildman–Crippen LogP) is 2.91. The van der Waals surface area contributed by atoms with Gasteiger partial charge in [0.2, 0.25) is 0 Å². The topological polar surface area (TPSA) is 48.0 Å². The lowest BCUT2D eigenvalue weighted by molar-refractivity contribution is -0.150. The van der Waals surface area contributed by atoms with E-state index >= 15 is 0 Å². The Morgan fingerprint density at radius 2 is 2.00 bits per heavy atom. The normalized spacial score (nSPS) is 18.0. The predicted molar refractivity (Wildman–Crippen MR) is 93.4 cm³/mol. The SMILES string of the molecule is C=CCOc1ccc(OCCN2CCC[C@H](C(=O)OCC)C2)cc1. The standard InChI is InChI=1S/C19H27NO4/c1-3-13-23-17-7-9-18(10-8-17)24-14-12-20-11-5-6-16(15-20)19(21)22-4-2/h3,7-10,16H,1,4-6,11-15H2,2H3/t16-/m0/s1. The molecule has 1 saturated heterocycles. The lowest BCUT2D eigenvalue weighted by atomic mass is 9.98. The number of hydrogen-bond acceptors (Lipinski definition) is 5. The van der Waals surface area contributed by atoms with E-state index in [1.807, 2.05) is 31.2 Å². The van der Waals surface area contributed by atoms with Crippen molar-refractivity contribution in [2.24, 2.45) is 5.92 Å². The van der Waals surface area contributed by atoms with E-state index in [-0.39, 0.29) is 11.9 Å². The maximum absolute atomic E-state index is 11.8. The van der Waals surface area contributed by atoms with Gasteiger partial charge < -0.3 is 14.2 Å². The molecule has 0 unspecified atom stereocenters. The fourth-order valence-electron chi connectivity index (χ4n) is 2.79. The minimum Gasteiger partial charge on any atom is -0.492 e. The molecule has 5 nitrogen and oxygen atoms in total. The van der Waals surface area contributed by atoms with Crippen LogP contribution >= 0.6 is 0 Å². The third-order valence-electron chi connectivity index (χ3n) is 3.99. The summed E-state index contributed by atoms with van der Waals surface area (Å²) in [5.41, 5.74) is 0. The van der Waals surface area contributed by atoms with E-state index in [4.69, 9.17) is 14.2 Å². The quantitative estimate of drug-likeness (QED) is 0.514. The van der Waals surface area contributed by atoms with E-state index in [9.17, 15) is 4.79 Å². The molecular weight excluding hydrogens is 306 g/mol. The zero-order valence-corrected chi connectivity index (χ0v) is 14.4. The zero-order valence-electron chi connectivity index (χ0n) is 14.4. The Morgan fingerprint density at radius 3 is 2.67 bits per heavy atom. The fraction of sp³-hybridized carbons (Fsp3) is 0.526. The van der Waals surface area contributed by atoms with Crippen molar-refractivity contribution in [2.75, 3.05) is 39.5 Å². The monoisotopic (exact) mass is 333 g/mol. The number of nitrogens with zero attached hydrogens (tertiary/aromatic N) is 1. The molecule has 1 aliphatic rings. The van der Waals surface area contributed by atoms with Gasteiger partial charge in [-0.15, -0.1) is 0 Å². The Balaban J connectivity index is 1.71. The van der Waals surface area contributed by atoms with Gasteiger partial charge in [-0.25, -0.2) is 0 Å². The van der Waals surface area contributed by atoms with E-state index in [0.29, 0.717) is 19.8 Å². The molecule has 1 fully saturated rings. The van der Waals surface area contributed by atoms with Gasteiger partial charge in [0.25, 0.3) is 0 Å². The van der Waals surface area contributed by atoms with Gasteiger partial charge in [-0.2, -0.15) is 0 Å². The van der Waals surface area contributed by atoms with Gasteiger partial charge in [0.15, 0.2) is 0 Å². The smallest absolute Gasteiger partial charge is 0.310 e. The number of ether oxygens (including phenoxy) is 3. The first-order chi connectivity index (χ1) is 11.7. The summed E-state index contributed by atoms with van der Waals surface area (Å²) in [5, 5.41) is 0. The number of hydrogen-bond donors (Lipinski definition) is 0. The maximum Gasteiger partial charge on any atom is 0.310 e. The first-order valence-corrected chi connectivity index (χ1v) is 8.58. The van der Waals surface area contributed by atoms with E-state index in [1.165, 1.54) is 0 Å². The number of esters is 1. The average molecular weight is 333 g/mol. The van der Waals surface area contributed by atoms with Gasteiger partial charge in [0.05, 0.1) is 12.5 Å². The van der Waals surface area contributed by atoms with Gasteiger partial charge in [0, 0.05) is 13.1 Å². The fourth-order valence-corrected chi connectivity index (χ4v) is 2.79. The largest absolute Gasteiger partial charge is 0.492 e. The molecule has 1 aliphatic heterocycles. The molecule has 1 heterocycles. The van der Waals surface area contributed by atoms with Crippen molar-refractivity contribution in [3.05, 3.63) is 36.9 Å². The molecule has 0 amide bonds. The molecule has 0 radical (unpaired) electrons. The first kappa shape index (κ1) is 18.3. The van der Waals surface area contributed by atoms with Crippen molar-refractivity contribution in [1.29, 1.82) is 0 Å². The second-order valence-corrected chi connectivity index (χ2v) is 5.81. The van der Waals surface area contributed by atoms with Crippen molar-refractivity contribution < 1.29 is 19.0 Å². The highest BCUT2D eigenvalue weighted by Crippen LogP contribution is 2.19. The van der Waals surface area contributed by atoms with Gasteiger partial charge in [-0.05, 0) is 50.6 Å². The summed E-state index contributed by atoms with van der Waals surface area (Å²) >= 11 is 0. The van der Waals surface area contributed by atoms with Crippen molar-refractivity contribution in [3.63, 3.8) is 0 Å². The van der Waals surface area contributed by atoms with Crippen LogP contribution in [0.1, 0.15) is 19.8 Å². The Bertz CT molecular complexity index is 515. The molecule has 0 spiro atoms. The van der Waals surface area contributed by atoms with E-state index < -0.39 is 0 Å². The van der Waals surface area contributed by atoms with Crippen LogP contribution in [0.25, 0.3) is 0 Å². The molecule has 132 valence electrons. The van der Waals surface area contributed by atoms with Gasteiger partial charge in [0.1, 0.15) is 24.7 Å². The molecule has 0 aromatic heterocycles. The molecule has 0 saturated carbocycles. The summed E-state index contributed by atoms with van der Waals surface area (Å²) in [6, 6.07) is 7.57. The van der Waals surface area contributed by atoms with Crippen molar-refractivity contribution >= 4 is 5.97 Å². The third-order valence-corrected chi connectivity index (χ3v) is 3.99. The first-order valence-electron chi connectivity index (χ1n) is 8.58. The van der Waals surface area contributed by atoms with E-state index in [2.05, 4.69) is 11.5 Å². The highest BCUT2D eigenvalue weighted by atomic mass is 16.5. The van der Waals surface area contributed by atoms with Crippen molar-refractivity contribution in [3.8, 4) is 11.5 Å². The summed E-state index contributed by atoms with van der Waals surface area (Å²) in [7, 11) is 0. The van der Waals surface area contributed by atoms with E-state index in [0.717, 1.165) is 44.0 Å². The molecule has 5 heteroatoms. The zero-order chi connectivity index (χ0) is 17.2. The summed E-state index contributed by atoms with van der Waals surface area (Å²) in [4.78, 5) is 14.1. The average Bonchev–Trinajstić information content (AvgIpc) is 2.61. The Hall–Kier alpha value is -2.01. The molecule has 2 rings (SSSR count). The van der Waals surface area contributed by atoms with Crippen LogP contribution in [0.2, 0.25) is 0 Å². The molecule has 1 aromatic rings. The number of rotatable bonds is 9. The Morgan fingerprint density at radius 1 is 1.29 bits per heavy atom. The highest BCUT2D eigenvalue weighted by molar-refractivity contribution is 5.72. The number of benzene rings is 1. The molecule has 1 atom stereocenters. The third kappa shape index (κ3) is 5.89. The summed E-state index contributed by atoms with van der Waals surface area (Å²) < 4.78 is 16.3. The Kier molecular flexibility index (Phi) is 7.62. The molecule has 1 aromatic carbocycles. The lowest BCUT2D eigenvalue weighted by Gasteiger charge is -2.31. The van der Waals surface area contributed by atoms with Crippen LogP contribution in [0.4, 0.5) is 0 Å². The van der Waals surface area contributed by atoms with Crippen LogP contribution in [0.15, 0.2) is 36.9 Å². The molecule has 0 aliphatic carbocycles. The number of carbonyl (C=O) groups is 1. The molecule has 24 heavy (non-hydrogen) atoms. The van der Waals surface area contributed by atoms with Crippen molar-refractivity contribution in [1.82, 2.24) is 4.90 Å². The van der Waals surface area contributed by atoms with Crippen LogP contribution in [0.3, 0.4) is 0 Å². The molecule has 0 N–H and O–H groups in total. The van der Waals surface area contributed by atoms with Crippen LogP contribution in [-0.4, -0.2) is 50.3 Å². The van der Waals surface area contributed by atoms with Gasteiger partial charge in [-0.1, -0.05) is 12.7 Å². The van der Waals surface area contributed by atoms with Gasteiger partial charge in [-0.3, -0.25) is 9.69 Å². The van der Waals surface area contributed by atoms with Crippen molar-refractivity contribution in [2.45, 2.75) is 19.8 Å². The molecular formula is C19H27NO4. The van der Waals surface area contributed by atoms with E-state index in [1.54, 1.807) is 6.08 Å². The minimum atomic E-state index is -0.0711. The minimum absolute atomic E-state index is 0.00000703. The summed E-state index contributed by atoms with van der Waals surface area (Å²) in [6.07, 6.45) is 3.66. The highest BCUT2D eigenvalue weighted by Gasteiger charge is 2.26. The van der Waals surface area contributed by atoms with Crippen LogP contribution < -0.4 is 9.47 Å². The number of carbonyl (C=O) groups excluding carboxylic acids is 1. The summed E-state index contributed by atoms with van der Waals surface area (Å²) in [6.45, 7) is 9.59.